The molecule has 0 fully saturated rings. The Morgan fingerprint density at radius 3 is 2.57 bits per heavy atom. The molecule has 0 spiro atoms. The van der Waals surface area contributed by atoms with E-state index >= 15 is 0 Å². The second kappa shape index (κ2) is 7.66. The summed E-state index contributed by atoms with van der Waals surface area (Å²) in [7, 11) is 0. The zero-order chi connectivity index (χ0) is 15.2. The summed E-state index contributed by atoms with van der Waals surface area (Å²) in [5, 5.41) is 4.12. The fourth-order valence-corrected chi connectivity index (χ4v) is 3.28. The van der Waals surface area contributed by atoms with E-state index in [0.29, 0.717) is 0 Å². The third-order valence-electron chi connectivity index (χ3n) is 3.12. The van der Waals surface area contributed by atoms with Crippen LogP contribution in [0, 0.1) is 6.92 Å². The molecule has 114 valence electrons. The molecule has 1 aromatic heterocycles. The van der Waals surface area contributed by atoms with E-state index in [2.05, 4.69) is 38.1 Å². The summed E-state index contributed by atoms with van der Waals surface area (Å²) < 4.78 is 11.3. The summed E-state index contributed by atoms with van der Waals surface area (Å²) in [5.74, 6) is 2.75. The van der Waals surface area contributed by atoms with Crippen molar-refractivity contribution >= 4 is 11.8 Å². The van der Waals surface area contributed by atoms with Crippen LogP contribution in [-0.2, 0) is 10.5 Å². The maximum atomic E-state index is 5.75. The Hall–Kier alpha value is -1.26. The summed E-state index contributed by atoms with van der Waals surface area (Å²) in [6, 6.07) is 10.1. The van der Waals surface area contributed by atoms with E-state index in [1.54, 1.807) is 0 Å². The minimum Gasteiger partial charge on any atom is -0.375 e. The van der Waals surface area contributed by atoms with Gasteiger partial charge in [0.05, 0.1) is 17.9 Å². The van der Waals surface area contributed by atoms with Crippen molar-refractivity contribution in [3.63, 3.8) is 0 Å². The van der Waals surface area contributed by atoms with E-state index in [0.717, 1.165) is 28.5 Å². The van der Waals surface area contributed by atoms with Crippen molar-refractivity contribution < 1.29 is 9.26 Å². The molecule has 0 saturated carbocycles. The molecule has 21 heavy (non-hydrogen) atoms. The van der Waals surface area contributed by atoms with Crippen molar-refractivity contribution in [3.05, 3.63) is 41.6 Å². The molecule has 0 bridgehead atoms. The predicted octanol–water partition coefficient (Wildman–Crippen LogP) is 4.70. The van der Waals surface area contributed by atoms with Crippen LogP contribution in [0.2, 0.25) is 0 Å². The molecule has 0 aliphatic carbocycles. The van der Waals surface area contributed by atoms with Gasteiger partial charge in [0, 0.05) is 22.6 Å². The number of rotatable bonds is 7. The van der Waals surface area contributed by atoms with Crippen LogP contribution in [0.1, 0.15) is 32.0 Å². The average molecular weight is 305 g/mol. The molecule has 0 N–H and O–H groups in total. The molecule has 0 aliphatic rings. The van der Waals surface area contributed by atoms with Crippen LogP contribution >= 0.6 is 11.8 Å². The maximum Gasteiger partial charge on any atom is 0.171 e. The fraction of sp³-hybridized carbons (Fsp3) is 0.471. The molecule has 0 radical (unpaired) electrons. The number of aromatic nitrogens is 1. The van der Waals surface area contributed by atoms with E-state index < -0.39 is 0 Å². The lowest BCUT2D eigenvalue weighted by Crippen LogP contribution is -2.16. The van der Waals surface area contributed by atoms with Gasteiger partial charge >= 0.3 is 0 Å². The molecule has 1 unspecified atom stereocenters. The standard InChI is InChI=1S/C17H23NO2S/c1-12(2)19-13(3)10-21-11-16-14(4)18-20-17(16)15-8-6-5-7-9-15/h5-9,12-13H,10-11H2,1-4H3. The monoisotopic (exact) mass is 305 g/mol. The second-order valence-electron chi connectivity index (χ2n) is 5.45. The van der Waals surface area contributed by atoms with Crippen LogP contribution in [0.5, 0.6) is 0 Å². The molecule has 4 heteroatoms. The lowest BCUT2D eigenvalue weighted by atomic mass is 10.1. The van der Waals surface area contributed by atoms with Gasteiger partial charge in [0.25, 0.3) is 0 Å². The lowest BCUT2D eigenvalue weighted by molar-refractivity contribution is 0.0327. The van der Waals surface area contributed by atoms with Crippen LogP contribution in [-0.4, -0.2) is 23.1 Å². The molecule has 1 aromatic carbocycles. The summed E-state index contributed by atoms with van der Waals surface area (Å²) in [4.78, 5) is 0. The Labute approximate surface area is 131 Å². The molecular formula is C17H23NO2S. The number of benzene rings is 1. The van der Waals surface area contributed by atoms with Crippen LogP contribution in [0.4, 0.5) is 0 Å². The molecule has 2 aromatic rings. The van der Waals surface area contributed by atoms with E-state index in [1.807, 2.05) is 36.9 Å². The van der Waals surface area contributed by atoms with Crippen LogP contribution < -0.4 is 0 Å². The second-order valence-corrected chi connectivity index (χ2v) is 6.48. The van der Waals surface area contributed by atoms with Crippen molar-refractivity contribution in [2.24, 2.45) is 0 Å². The number of hydrogen-bond acceptors (Lipinski definition) is 4. The van der Waals surface area contributed by atoms with Gasteiger partial charge in [0.1, 0.15) is 0 Å². The first-order chi connectivity index (χ1) is 10.1. The van der Waals surface area contributed by atoms with Gasteiger partial charge in [-0.05, 0) is 27.7 Å². The summed E-state index contributed by atoms with van der Waals surface area (Å²) in [6.45, 7) is 8.25. The summed E-state index contributed by atoms with van der Waals surface area (Å²) >= 11 is 1.86. The van der Waals surface area contributed by atoms with Gasteiger partial charge in [-0.1, -0.05) is 35.5 Å². The van der Waals surface area contributed by atoms with Crippen molar-refractivity contribution in [3.8, 4) is 11.3 Å². The highest BCUT2D eigenvalue weighted by Crippen LogP contribution is 2.29. The predicted molar refractivity (Wildman–Crippen MR) is 88.5 cm³/mol. The Morgan fingerprint density at radius 1 is 1.19 bits per heavy atom. The first kappa shape index (κ1) is 16.1. The van der Waals surface area contributed by atoms with Gasteiger partial charge in [-0.15, -0.1) is 0 Å². The van der Waals surface area contributed by atoms with Gasteiger partial charge in [-0.25, -0.2) is 0 Å². The van der Waals surface area contributed by atoms with E-state index in [9.17, 15) is 0 Å². The van der Waals surface area contributed by atoms with Gasteiger partial charge < -0.3 is 9.26 Å². The van der Waals surface area contributed by atoms with E-state index in [4.69, 9.17) is 9.26 Å². The third kappa shape index (κ3) is 4.61. The van der Waals surface area contributed by atoms with E-state index in [-0.39, 0.29) is 12.2 Å². The van der Waals surface area contributed by atoms with Crippen LogP contribution in [0.3, 0.4) is 0 Å². The topological polar surface area (TPSA) is 35.3 Å². The Morgan fingerprint density at radius 2 is 1.90 bits per heavy atom. The highest BCUT2D eigenvalue weighted by Gasteiger charge is 2.15. The van der Waals surface area contributed by atoms with Gasteiger partial charge in [-0.2, -0.15) is 11.8 Å². The van der Waals surface area contributed by atoms with Crippen molar-refractivity contribution in [2.45, 2.75) is 45.7 Å². The van der Waals surface area contributed by atoms with E-state index in [1.165, 1.54) is 5.56 Å². The van der Waals surface area contributed by atoms with Crippen molar-refractivity contribution in [1.82, 2.24) is 5.16 Å². The molecular weight excluding hydrogens is 282 g/mol. The van der Waals surface area contributed by atoms with Crippen LogP contribution in [0.25, 0.3) is 11.3 Å². The number of nitrogens with zero attached hydrogens (tertiary/aromatic N) is 1. The Bertz CT molecular complexity index is 551. The molecule has 0 amide bonds. The highest BCUT2D eigenvalue weighted by atomic mass is 32.2. The quantitative estimate of drug-likeness (QED) is 0.743. The molecule has 1 heterocycles. The number of thioether (sulfide) groups is 1. The lowest BCUT2D eigenvalue weighted by Gasteiger charge is -2.15. The normalized spacial score (nSPS) is 12.8. The average Bonchev–Trinajstić information content (AvgIpc) is 2.80. The minimum absolute atomic E-state index is 0.260. The maximum absolute atomic E-state index is 5.75. The molecule has 2 rings (SSSR count). The minimum atomic E-state index is 0.260. The first-order valence-electron chi connectivity index (χ1n) is 7.31. The van der Waals surface area contributed by atoms with Crippen molar-refractivity contribution in [1.29, 1.82) is 0 Å². The number of hydrogen-bond donors (Lipinski definition) is 0. The van der Waals surface area contributed by atoms with Gasteiger partial charge in [0.2, 0.25) is 0 Å². The number of ether oxygens (including phenoxy) is 1. The largest absolute Gasteiger partial charge is 0.375 e. The zero-order valence-corrected chi connectivity index (χ0v) is 13.9. The third-order valence-corrected chi connectivity index (χ3v) is 4.32. The summed E-state index contributed by atoms with van der Waals surface area (Å²) in [5.41, 5.74) is 3.24. The zero-order valence-electron chi connectivity index (χ0n) is 13.1. The van der Waals surface area contributed by atoms with Gasteiger partial charge in [0.15, 0.2) is 5.76 Å². The van der Waals surface area contributed by atoms with Crippen molar-refractivity contribution in [2.75, 3.05) is 5.75 Å². The number of aryl methyl sites for hydroxylation is 1. The smallest absolute Gasteiger partial charge is 0.171 e. The van der Waals surface area contributed by atoms with Gasteiger partial charge in [-0.3, -0.25) is 0 Å². The Kier molecular flexibility index (Phi) is 5.88. The molecule has 0 saturated heterocycles. The van der Waals surface area contributed by atoms with Crippen LogP contribution in [0.15, 0.2) is 34.9 Å². The Balaban J connectivity index is 1.99. The summed E-state index contributed by atoms with van der Waals surface area (Å²) in [6.07, 6.45) is 0.535. The molecule has 3 nitrogen and oxygen atoms in total. The first-order valence-corrected chi connectivity index (χ1v) is 8.47. The molecule has 1 atom stereocenters. The molecule has 0 aliphatic heterocycles. The SMILES string of the molecule is Cc1noc(-c2ccccc2)c1CSCC(C)OC(C)C. The fourth-order valence-electron chi connectivity index (χ4n) is 2.21. The highest BCUT2D eigenvalue weighted by molar-refractivity contribution is 7.98.